The van der Waals surface area contributed by atoms with Crippen molar-refractivity contribution in [2.24, 2.45) is 0 Å². The van der Waals surface area contributed by atoms with E-state index in [4.69, 9.17) is 9.47 Å². The molecule has 88 valence electrons. The molecule has 0 aliphatic rings. The molecule has 0 aromatic heterocycles. The summed E-state index contributed by atoms with van der Waals surface area (Å²) in [5, 5.41) is 0. The Morgan fingerprint density at radius 1 is 1.44 bits per heavy atom. The van der Waals surface area contributed by atoms with E-state index in [1.807, 2.05) is 12.1 Å². The molecule has 4 heteroatoms. The van der Waals surface area contributed by atoms with Crippen LogP contribution in [0.5, 0.6) is 5.75 Å². The fraction of sp³-hybridized carbons (Fsp3) is 0.417. The number of halogens is 1. The maximum atomic E-state index is 11.6. The molecule has 0 atom stereocenters. The van der Waals surface area contributed by atoms with Gasteiger partial charge in [-0.05, 0) is 39.0 Å². The molecule has 0 saturated carbocycles. The Morgan fingerprint density at radius 3 is 2.69 bits per heavy atom. The summed E-state index contributed by atoms with van der Waals surface area (Å²) in [6.45, 7) is 5.50. The van der Waals surface area contributed by atoms with Crippen molar-refractivity contribution in [1.29, 1.82) is 0 Å². The van der Waals surface area contributed by atoms with Crippen molar-refractivity contribution in [2.75, 3.05) is 6.61 Å². The van der Waals surface area contributed by atoms with Crippen molar-refractivity contribution < 1.29 is 14.3 Å². The third-order valence-electron chi connectivity index (χ3n) is 1.94. The highest BCUT2D eigenvalue weighted by Gasteiger charge is 2.31. The van der Waals surface area contributed by atoms with Crippen LogP contribution in [0.15, 0.2) is 28.7 Å². The maximum absolute atomic E-state index is 11.6. The van der Waals surface area contributed by atoms with Crippen LogP contribution in [0.25, 0.3) is 0 Å². The van der Waals surface area contributed by atoms with E-state index in [1.54, 1.807) is 32.9 Å². The molecule has 0 radical (unpaired) electrons. The zero-order valence-electron chi connectivity index (χ0n) is 9.62. The molecule has 0 amide bonds. The van der Waals surface area contributed by atoms with Crippen molar-refractivity contribution in [1.82, 2.24) is 0 Å². The number of esters is 1. The number of carbonyl (C=O) groups is 1. The summed E-state index contributed by atoms with van der Waals surface area (Å²) in [4.78, 5) is 11.6. The quantitative estimate of drug-likeness (QED) is 0.798. The Hall–Kier alpha value is -1.03. The monoisotopic (exact) mass is 286 g/mol. The molecule has 0 unspecified atom stereocenters. The minimum absolute atomic E-state index is 0.351. The second kappa shape index (κ2) is 5.34. The van der Waals surface area contributed by atoms with Crippen LogP contribution in [0.4, 0.5) is 0 Å². The molecule has 16 heavy (non-hydrogen) atoms. The Balaban J connectivity index is 2.75. The van der Waals surface area contributed by atoms with Gasteiger partial charge in [0.15, 0.2) is 5.60 Å². The van der Waals surface area contributed by atoms with Crippen molar-refractivity contribution in [3.05, 3.63) is 28.7 Å². The van der Waals surface area contributed by atoms with Gasteiger partial charge in [-0.2, -0.15) is 0 Å². The summed E-state index contributed by atoms with van der Waals surface area (Å²) in [7, 11) is 0. The number of hydrogen-bond donors (Lipinski definition) is 0. The molecular weight excluding hydrogens is 272 g/mol. The molecular formula is C12H15BrO3. The van der Waals surface area contributed by atoms with Crippen molar-refractivity contribution in [3.63, 3.8) is 0 Å². The highest BCUT2D eigenvalue weighted by atomic mass is 79.9. The van der Waals surface area contributed by atoms with Crippen LogP contribution in [0.1, 0.15) is 20.8 Å². The van der Waals surface area contributed by atoms with E-state index < -0.39 is 5.60 Å². The summed E-state index contributed by atoms with van der Waals surface area (Å²) < 4.78 is 11.4. The number of hydrogen-bond acceptors (Lipinski definition) is 3. The minimum atomic E-state index is -0.975. The molecule has 3 nitrogen and oxygen atoms in total. The smallest absolute Gasteiger partial charge is 0.349 e. The van der Waals surface area contributed by atoms with E-state index in [-0.39, 0.29) is 5.97 Å². The molecule has 0 N–H and O–H groups in total. The van der Waals surface area contributed by atoms with E-state index in [2.05, 4.69) is 15.9 Å². The van der Waals surface area contributed by atoms with Gasteiger partial charge in [-0.1, -0.05) is 22.0 Å². The number of ether oxygens (including phenoxy) is 2. The largest absolute Gasteiger partial charge is 0.476 e. The van der Waals surface area contributed by atoms with Gasteiger partial charge in [0.2, 0.25) is 0 Å². The Morgan fingerprint density at radius 2 is 2.12 bits per heavy atom. The highest BCUT2D eigenvalue weighted by Crippen LogP contribution is 2.23. The van der Waals surface area contributed by atoms with Gasteiger partial charge in [-0.25, -0.2) is 4.79 Å². The molecule has 1 aromatic rings. The first kappa shape index (κ1) is 13.0. The van der Waals surface area contributed by atoms with Crippen LogP contribution in [0.2, 0.25) is 0 Å². The normalized spacial score (nSPS) is 11.0. The van der Waals surface area contributed by atoms with E-state index in [1.165, 1.54) is 0 Å². The fourth-order valence-corrected chi connectivity index (χ4v) is 1.55. The number of carbonyl (C=O) groups excluding carboxylic acids is 1. The zero-order chi connectivity index (χ0) is 12.2. The molecule has 0 aliphatic heterocycles. The standard InChI is InChI=1S/C12H15BrO3/c1-4-15-11(14)12(2,3)16-10-7-5-6-9(13)8-10/h5-8H,4H2,1-3H3. The predicted molar refractivity (Wildman–Crippen MR) is 65.5 cm³/mol. The summed E-state index contributed by atoms with van der Waals surface area (Å²) in [6.07, 6.45) is 0. The van der Waals surface area contributed by atoms with E-state index in [0.29, 0.717) is 12.4 Å². The number of benzene rings is 1. The lowest BCUT2D eigenvalue weighted by molar-refractivity contribution is -0.158. The highest BCUT2D eigenvalue weighted by molar-refractivity contribution is 9.10. The minimum Gasteiger partial charge on any atom is -0.476 e. The second-order valence-corrected chi connectivity index (χ2v) is 4.71. The van der Waals surface area contributed by atoms with E-state index in [9.17, 15) is 4.79 Å². The van der Waals surface area contributed by atoms with Gasteiger partial charge in [0.1, 0.15) is 5.75 Å². The lowest BCUT2D eigenvalue weighted by Gasteiger charge is -2.24. The zero-order valence-corrected chi connectivity index (χ0v) is 11.2. The molecule has 1 aromatic carbocycles. The topological polar surface area (TPSA) is 35.5 Å². The van der Waals surface area contributed by atoms with Crippen LogP contribution in [0.3, 0.4) is 0 Å². The summed E-state index contributed by atoms with van der Waals surface area (Å²) in [5.74, 6) is 0.266. The molecule has 0 spiro atoms. The predicted octanol–water partition coefficient (Wildman–Crippen LogP) is 3.17. The molecule has 0 fully saturated rings. The van der Waals surface area contributed by atoms with Crippen LogP contribution >= 0.6 is 15.9 Å². The van der Waals surface area contributed by atoms with Gasteiger partial charge in [-0.3, -0.25) is 0 Å². The average Bonchev–Trinajstić information content (AvgIpc) is 2.17. The summed E-state index contributed by atoms with van der Waals surface area (Å²) in [5.41, 5.74) is -0.975. The summed E-state index contributed by atoms with van der Waals surface area (Å²) in [6, 6.07) is 7.34. The Labute approximate surface area is 104 Å². The van der Waals surface area contributed by atoms with Gasteiger partial charge >= 0.3 is 5.97 Å². The molecule has 0 bridgehead atoms. The Kier molecular flexibility index (Phi) is 4.35. The SMILES string of the molecule is CCOC(=O)C(C)(C)Oc1cccc(Br)c1. The third-order valence-corrected chi connectivity index (χ3v) is 2.43. The lowest BCUT2D eigenvalue weighted by Crippen LogP contribution is -2.39. The van der Waals surface area contributed by atoms with Gasteiger partial charge in [0.05, 0.1) is 6.61 Å². The van der Waals surface area contributed by atoms with Crippen molar-refractivity contribution >= 4 is 21.9 Å². The molecule has 0 aliphatic carbocycles. The molecule has 1 rings (SSSR count). The van der Waals surface area contributed by atoms with Gasteiger partial charge in [0.25, 0.3) is 0 Å². The van der Waals surface area contributed by atoms with E-state index in [0.717, 1.165) is 4.47 Å². The number of rotatable bonds is 4. The van der Waals surface area contributed by atoms with Crippen LogP contribution in [0, 0.1) is 0 Å². The first-order valence-corrected chi connectivity index (χ1v) is 5.87. The van der Waals surface area contributed by atoms with Crippen LogP contribution in [-0.4, -0.2) is 18.2 Å². The van der Waals surface area contributed by atoms with E-state index >= 15 is 0 Å². The van der Waals surface area contributed by atoms with Crippen LogP contribution in [-0.2, 0) is 9.53 Å². The van der Waals surface area contributed by atoms with Crippen LogP contribution < -0.4 is 4.74 Å². The fourth-order valence-electron chi connectivity index (χ4n) is 1.17. The summed E-state index contributed by atoms with van der Waals surface area (Å²) >= 11 is 3.34. The van der Waals surface area contributed by atoms with Gasteiger partial charge in [-0.15, -0.1) is 0 Å². The second-order valence-electron chi connectivity index (χ2n) is 3.79. The first-order chi connectivity index (χ1) is 7.45. The van der Waals surface area contributed by atoms with Crippen molar-refractivity contribution in [2.45, 2.75) is 26.4 Å². The Bertz CT molecular complexity index is 374. The van der Waals surface area contributed by atoms with Gasteiger partial charge in [0, 0.05) is 4.47 Å². The first-order valence-electron chi connectivity index (χ1n) is 5.07. The average molecular weight is 287 g/mol. The third kappa shape index (κ3) is 3.52. The lowest BCUT2D eigenvalue weighted by atomic mass is 10.1. The van der Waals surface area contributed by atoms with Crippen molar-refractivity contribution in [3.8, 4) is 5.75 Å². The maximum Gasteiger partial charge on any atom is 0.349 e. The van der Waals surface area contributed by atoms with Gasteiger partial charge < -0.3 is 9.47 Å². The molecule has 0 heterocycles. The molecule has 0 saturated heterocycles.